The lowest BCUT2D eigenvalue weighted by molar-refractivity contribution is -0.115. The van der Waals surface area contributed by atoms with Crippen molar-refractivity contribution in [2.24, 2.45) is 0 Å². The summed E-state index contributed by atoms with van der Waals surface area (Å²) < 4.78 is 5.34. The van der Waals surface area contributed by atoms with E-state index in [1.54, 1.807) is 14.2 Å². The molecule has 1 aromatic carbocycles. The van der Waals surface area contributed by atoms with E-state index in [-0.39, 0.29) is 5.78 Å². The van der Waals surface area contributed by atoms with Crippen molar-refractivity contribution in [3.8, 4) is 5.75 Å². The maximum absolute atomic E-state index is 12.1. The predicted molar refractivity (Wildman–Crippen MR) is 79.4 cm³/mol. The first-order valence-corrected chi connectivity index (χ1v) is 6.81. The lowest BCUT2D eigenvalue weighted by Crippen LogP contribution is -2.25. The second kappa shape index (κ2) is 6.37. The zero-order valence-electron chi connectivity index (χ0n) is 12.0. The van der Waals surface area contributed by atoms with Crippen LogP contribution < -0.4 is 10.1 Å². The van der Waals surface area contributed by atoms with Crippen molar-refractivity contribution in [2.45, 2.75) is 25.7 Å². The number of para-hydroxylation sites is 1. The monoisotopic (exact) mass is 272 g/mol. The molecule has 0 radical (unpaired) electrons. The Bertz CT molecular complexity index is 543. The van der Waals surface area contributed by atoms with E-state index in [1.807, 2.05) is 24.3 Å². The zero-order valence-corrected chi connectivity index (χ0v) is 12.0. The molecule has 1 aromatic rings. The highest BCUT2D eigenvalue weighted by molar-refractivity contribution is 6.23. The van der Waals surface area contributed by atoms with E-state index in [0.29, 0.717) is 30.5 Å². The van der Waals surface area contributed by atoms with E-state index < -0.39 is 0 Å². The van der Waals surface area contributed by atoms with Gasteiger partial charge in [-0.3, -0.25) is 4.79 Å². The highest BCUT2D eigenvalue weighted by Gasteiger charge is 2.24. The van der Waals surface area contributed by atoms with Gasteiger partial charge in [0, 0.05) is 31.3 Å². The molecule has 0 heterocycles. The maximum atomic E-state index is 12.1. The van der Waals surface area contributed by atoms with Crippen molar-refractivity contribution < 1.29 is 9.53 Å². The van der Waals surface area contributed by atoms with Gasteiger partial charge in [0.1, 0.15) is 5.75 Å². The molecule has 0 amide bonds. The molecule has 0 aromatic heterocycles. The lowest BCUT2D eigenvalue weighted by atomic mass is 9.88. The van der Waals surface area contributed by atoms with Crippen LogP contribution in [0.1, 0.15) is 24.8 Å². The van der Waals surface area contributed by atoms with E-state index in [1.165, 1.54) is 0 Å². The highest BCUT2D eigenvalue weighted by Crippen LogP contribution is 2.24. The summed E-state index contributed by atoms with van der Waals surface area (Å²) in [5.41, 5.74) is 2.83. The van der Waals surface area contributed by atoms with Crippen LogP contribution in [0, 0.1) is 5.41 Å². The zero-order chi connectivity index (χ0) is 14.5. The number of rotatable bonds is 4. The first-order chi connectivity index (χ1) is 9.67. The van der Waals surface area contributed by atoms with Crippen LogP contribution in [0.5, 0.6) is 5.75 Å². The lowest BCUT2D eigenvalue weighted by Gasteiger charge is -2.20. The summed E-state index contributed by atoms with van der Waals surface area (Å²) in [6, 6.07) is 7.75. The van der Waals surface area contributed by atoms with Gasteiger partial charge < -0.3 is 15.5 Å². The summed E-state index contributed by atoms with van der Waals surface area (Å²) in [5, 5.41) is 11.1. The minimum atomic E-state index is 0.0699. The van der Waals surface area contributed by atoms with Crippen LogP contribution in [0.3, 0.4) is 0 Å². The Labute approximate surface area is 119 Å². The molecule has 4 nitrogen and oxygen atoms in total. The Balaban J connectivity index is 2.37. The molecular weight excluding hydrogens is 252 g/mol. The standard InChI is InChI=1S/C16H20N2O2/c1-18-13(16-12(17)7-5-8-14(16)19)10-11-6-3-4-9-15(11)20-2/h3-4,6,9,17-18H,5,7-8,10H2,1-2H3/b16-13+,17-12?. The molecule has 4 heteroatoms. The first kappa shape index (κ1) is 14.3. The number of nitrogens with one attached hydrogen (secondary N) is 2. The molecule has 1 aliphatic rings. The Morgan fingerprint density at radius 3 is 2.75 bits per heavy atom. The van der Waals surface area contributed by atoms with Crippen molar-refractivity contribution >= 4 is 11.5 Å². The summed E-state index contributed by atoms with van der Waals surface area (Å²) in [7, 11) is 3.44. The first-order valence-electron chi connectivity index (χ1n) is 6.81. The fourth-order valence-electron chi connectivity index (χ4n) is 2.54. The molecule has 0 spiro atoms. The fourth-order valence-corrected chi connectivity index (χ4v) is 2.54. The van der Waals surface area contributed by atoms with Gasteiger partial charge in [0.05, 0.1) is 12.7 Å². The third kappa shape index (κ3) is 2.90. The Hall–Kier alpha value is -2.10. The van der Waals surface area contributed by atoms with Crippen LogP contribution in [0.15, 0.2) is 35.5 Å². The molecule has 20 heavy (non-hydrogen) atoms. The van der Waals surface area contributed by atoms with E-state index in [2.05, 4.69) is 5.32 Å². The summed E-state index contributed by atoms with van der Waals surface area (Å²) in [6.45, 7) is 0. The van der Waals surface area contributed by atoms with E-state index >= 15 is 0 Å². The average molecular weight is 272 g/mol. The van der Waals surface area contributed by atoms with Crippen molar-refractivity contribution in [1.29, 1.82) is 5.41 Å². The number of allylic oxidation sites excluding steroid dienone is 2. The van der Waals surface area contributed by atoms with Gasteiger partial charge in [-0.05, 0) is 24.5 Å². The summed E-state index contributed by atoms with van der Waals surface area (Å²) >= 11 is 0. The van der Waals surface area contributed by atoms with Crippen LogP contribution in [-0.4, -0.2) is 25.7 Å². The molecule has 1 fully saturated rings. The van der Waals surface area contributed by atoms with Gasteiger partial charge in [-0.2, -0.15) is 0 Å². The molecule has 0 unspecified atom stereocenters. The quantitative estimate of drug-likeness (QED) is 0.828. The molecule has 0 atom stereocenters. The number of hydrogen-bond donors (Lipinski definition) is 2. The summed E-state index contributed by atoms with van der Waals surface area (Å²) in [6.07, 6.45) is 2.57. The molecule has 0 bridgehead atoms. The minimum absolute atomic E-state index is 0.0699. The normalized spacial score (nSPS) is 17.9. The number of hydrogen-bond acceptors (Lipinski definition) is 4. The van der Waals surface area contributed by atoms with E-state index in [9.17, 15) is 4.79 Å². The van der Waals surface area contributed by atoms with Crippen molar-refractivity contribution in [3.63, 3.8) is 0 Å². The van der Waals surface area contributed by atoms with Crippen molar-refractivity contribution in [1.82, 2.24) is 5.32 Å². The second-order valence-electron chi connectivity index (χ2n) is 4.85. The third-order valence-electron chi connectivity index (χ3n) is 3.57. The van der Waals surface area contributed by atoms with Crippen LogP contribution in [-0.2, 0) is 11.2 Å². The SMILES string of the molecule is CN/C(Cc1ccccc1OC)=C1\C(=N)CCCC1=O. The topological polar surface area (TPSA) is 62.2 Å². The van der Waals surface area contributed by atoms with Gasteiger partial charge in [0.25, 0.3) is 0 Å². The number of ether oxygens (including phenoxy) is 1. The molecule has 2 rings (SSSR count). The van der Waals surface area contributed by atoms with Gasteiger partial charge in [-0.25, -0.2) is 0 Å². The third-order valence-corrected chi connectivity index (χ3v) is 3.57. The Morgan fingerprint density at radius 2 is 2.10 bits per heavy atom. The molecule has 1 saturated carbocycles. The highest BCUT2D eigenvalue weighted by atomic mass is 16.5. The summed E-state index contributed by atoms with van der Waals surface area (Å²) in [4.78, 5) is 12.1. The number of carbonyl (C=O) groups is 1. The van der Waals surface area contributed by atoms with Crippen LogP contribution in [0.2, 0.25) is 0 Å². The van der Waals surface area contributed by atoms with Crippen molar-refractivity contribution in [2.75, 3.05) is 14.2 Å². The number of likely N-dealkylation sites (N-methyl/N-ethyl adjacent to an activating group) is 1. The van der Waals surface area contributed by atoms with Crippen LogP contribution in [0.25, 0.3) is 0 Å². The minimum Gasteiger partial charge on any atom is -0.496 e. The molecule has 0 saturated heterocycles. The number of benzene rings is 1. The molecule has 106 valence electrons. The van der Waals surface area contributed by atoms with Gasteiger partial charge in [-0.1, -0.05) is 18.2 Å². The van der Waals surface area contributed by atoms with Gasteiger partial charge >= 0.3 is 0 Å². The van der Waals surface area contributed by atoms with Crippen molar-refractivity contribution in [3.05, 3.63) is 41.1 Å². The molecule has 0 aliphatic heterocycles. The number of carbonyl (C=O) groups excluding carboxylic acids is 1. The number of Topliss-reactive ketones (excluding diaryl/α,β-unsaturated/α-hetero) is 1. The maximum Gasteiger partial charge on any atom is 0.166 e. The van der Waals surface area contributed by atoms with Crippen LogP contribution in [0.4, 0.5) is 0 Å². The van der Waals surface area contributed by atoms with Gasteiger partial charge in [0.2, 0.25) is 0 Å². The fraction of sp³-hybridized carbons (Fsp3) is 0.375. The Kier molecular flexibility index (Phi) is 4.56. The Morgan fingerprint density at radius 1 is 1.35 bits per heavy atom. The predicted octanol–water partition coefficient (Wildman–Crippen LogP) is 2.48. The summed E-state index contributed by atoms with van der Waals surface area (Å²) in [5.74, 6) is 0.871. The van der Waals surface area contributed by atoms with E-state index in [0.717, 1.165) is 23.4 Å². The van der Waals surface area contributed by atoms with Crippen LogP contribution >= 0.6 is 0 Å². The largest absolute Gasteiger partial charge is 0.496 e. The number of ketones is 1. The van der Waals surface area contributed by atoms with Gasteiger partial charge in [0.15, 0.2) is 5.78 Å². The molecular formula is C16H20N2O2. The smallest absolute Gasteiger partial charge is 0.166 e. The average Bonchev–Trinajstić information content (AvgIpc) is 2.46. The molecule has 2 N–H and O–H groups in total. The molecule has 1 aliphatic carbocycles. The number of methoxy groups -OCH3 is 1. The van der Waals surface area contributed by atoms with E-state index in [4.69, 9.17) is 10.1 Å². The van der Waals surface area contributed by atoms with Gasteiger partial charge in [-0.15, -0.1) is 0 Å². The second-order valence-corrected chi connectivity index (χ2v) is 4.85.